The molecule has 0 unspecified atom stereocenters. The van der Waals surface area contributed by atoms with Gasteiger partial charge in [0, 0.05) is 20.6 Å². The van der Waals surface area contributed by atoms with Gasteiger partial charge in [0.15, 0.2) is 0 Å². The van der Waals surface area contributed by atoms with Gasteiger partial charge in [-0.15, -0.1) is 0 Å². The fourth-order valence-corrected chi connectivity index (χ4v) is 0.434. The van der Waals surface area contributed by atoms with Gasteiger partial charge in [0.2, 0.25) is 0 Å². The van der Waals surface area contributed by atoms with Gasteiger partial charge in [0.1, 0.15) is 0 Å². The molecule has 0 heterocycles. The zero-order valence-corrected chi connectivity index (χ0v) is 6.55. The van der Waals surface area contributed by atoms with Crippen molar-refractivity contribution in [2.75, 3.05) is 27.7 Å². The van der Waals surface area contributed by atoms with Gasteiger partial charge in [-0.05, 0) is 7.05 Å². The molecule has 56 valence electrons. The normalized spacial score (nSPS) is 12.0. The van der Waals surface area contributed by atoms with Gasteiger partial charge in [-0.2, -0.15) is 5.12 Å². The monoisotopic (exact) mass is 131 g/mol. The van der Waals surface area contributed by atoms with E-state index in [-0.39, 0.29) is 0 Å². The lowest BCUT2D eigenvalue weighted by Gasteiger charge is -2.38. The van der Waals surface area contributed by atoms with Crippen LogP contribution in [0, 0.1) is 0 Å². The molecule has 0 aromatic rings. The van der Waals surface area contributed by atoms with Crippen LogP contribution in [0.5, 0.6) is 0 Å². The van der Waals surface area contributed by atoms with Crippen molar-refractivity contribution >= 4 is 0 Å². The summed E-state index contributed by atoms with van der Waals surface area (Å²) in [5.74, 6) is 7.14. The van der Waals surface area contributed by atoms with E-state index in [4.69, 9.17) is 5.84 Å². The van der Waals surface area contributed by atoms with Gasteiger partial charge in [-0.3, -0.25) is 0 Å². The number of hydrogen-bond acceptors (Lipinski definition) is 3. The van der Waals surface area contributed by atoms with E-state index in [0.29, 0.717) is 0 Å². The molecular weight excluding hydrogens is 116 g/mol. The molecule has 4 heteroatoms. The Kier molecular flexibility index (Phi) is 3.72. The third-order valence-electron chi connectivity index (χ3n) is 1.39. The maximum absolute atomic E-state index is 7.14. The molecule has 0 aromatic carbocycles. The summed E-state index contributed by atoms with van der Waals surface area (Å²) in [7, 11) is 5.47. The van der Waals surface area contributed by atoms with E-state index in [0.717, 1.165) is 6.54 Å². The Hall–Kier alpha value is -0.160. The minimum absolute atomic E-state index is 0.916. The maximum atomic E-state index is 7.14. The summed E-state index contributed by atoms with van der Waals surface area (Å²) in [4.78, 5) is 0. The number of nitrogens with one attached hydrogen (secondary N) is 1. The van der Waals surface area contributed by atoms with E-state index < -0.39 is 0 Å². The second-order valence-corrected chi connectivity index (χ2v) is 1.99. The van der Waals surface area contributed by atoms with Gasteiger partial charge >= 0.3 is 0 Å². The highest BCUT2D eigenvalue weighted by atomic mass is 15.9. The van der Waals surface area contributed by atoms with Crippen LogP contribution >= 0.6 is 0 Å². The first-order valence-electron chi connectivity index (χ1n) is 2.99. The molecule has 0 bridgehead atoms. The Morgan fingerprint density at radius 1 is 1.22 bits per heavy atom. The minimum atomic E-state index is 0.916. The number of nitrogens with zero attached hydrogens (tertiary/aromatic N) is 3. The standard InChI is InChI=1S/C5H15N4/c1-5-7(2)9(4)8(3)6/h6H,5H2,1-4H3/q-1. The maximum Gasteiger partial charge on any atom is 0.0163 e. The largest absolute Gasteiger partial charge is 0.594 e. The summed E-state index contributed by atoms with van der Waals surface area (Å²) in [5.41, 5.74) is 0. The highest BCUT2D eigenvalue weighted by molar-refractivity contribution is 4.40. The Morgan fingerprint density at radius 2 is 1.67 bits per heavy atom. The van der Waals surface area contributed by atoms with Crippen molar-refractivity contribution in [3.63, 3.8) is 0 Å². The minimum Gasteiger partial charge on any atom is -0.594 e. The highest BCUT2D eigenvalue weighted by Gasteiger charge is 1.99. The molecule has 0 saturated carbocycles. The van der Waals surface area contributed by atoms with Crippen molar-refractivity contribution in [2.24, 2.45) is 0 Å². The first-order valence-corrected chi connectivity index (χ1v) is 2.99. The fourth-order valence-electron chi connectivity index (χ4n) is 0.434. The molecular formula is C5H15N4-. The zero-order chi connectivity index (χ0) is 7.44. The molecule has 0 amide bonds. The average molecular weight is 131 g/mol. The van der Waals surface area contributed by atoms with Crippen LogP contribution < -0.4 is 0 Å². The lowest BCUT2D eigenvalue weighted by Crippen LogP contribution is -2.43. The highest BCUT2D eigenvalue weighted by Crippen LogP contribution is 1.92. The molecule has 0 aliphatic carbocycles. The van der Waals surface area contributed by atoms with Crippen molar-refractivity contribution in [2.45, 2.75) is 6.92 Å². The van der Waals surface area contributed by atoms with Crippen molar-refractivity contribution < 1.29 is 0 Å². The third kappa shape index (κ3) is 2.76. The van der Waals surface area contributed by atoms with E-state index in [1.54, 1.807) is 12.2 Å². The molecule has 0 fully saturated rings. The molecule has 4 nitrogen and oxygen atoms in total. The molecule has 1 N–H and O–H groups in total. The molecule has 0 saturated heterocycles. The van der Waals surface area contributed by atoms with Crippen molar-refractivity contribution in [1.29, 1.82) is 0 Å². The Morgan fingerprint density at radius 3 is 1.78 bits per heavy atom. The van der Waals surface area contributed by atoms with Crippen LogP contribution in [0.25, 0.3) is 5.84 Å². The molecule has 0 spiro atoms. The van der Waals surface area contributed by atoms with Crippen molar-refractivity contribution in [1.82, 2.24) is 15.2 Å². The van der Waals surface area contributed by atoms with Gasteiger partial charge in [0.05, 0.1) is 0 Å². The van der Waals surface area contributed by atoms with Gasteiger partial charge < -0.3 is 11.0 Å². The van der Waals surface area contributed by atoms with Crippen LogP contribution in [0.3, 0.4) is 0 Å². The van der Waals surface area contributed by atoms with Crippen LogP contribution in [-0.4, -0.2) is 42.9 Å². The zero-order valence-electron chi connectivity index (χ0n) is 6.55. The number of hydrazine groups is 2. The summed E-state index contributed by atoms with van der Waals surface area (Å²) in [6, 6.07) is 0. The number of rotatable bonds is 3. The Labute approximate surface area is 56.7 Å². The van der Waals surface area contributed by atoms with Crippen LogP contribution in [0.2, 0.25) is 0 Å². The molecule has 0 aliphatic heterocycles. The SMILES string of the molecule is CCN(C)N(C)N(C)[NH-]. The first-order chi connectivity index (χ1) is 4.09. The summed E-state index contributed by atoms with van der Waals surface area (Å²) >= 11 is 0. The van der Waals surface area contributed by atoms with Crippen LogP contribution in [-0.2, 0) is 0 Å². The predicted molar refractivity (Wildman–Crippen MR) is 38.2 cm³/mol. The van der Waals surface area contributed by atoms with Crippen LogP contribution in [0.15, 0.2) is 0 Å². The smallest absolute Gasteiger partial charge is 0.0163 e. The Balaban J connectivity index is 3.58. The molecule has 0 rings (SSSR count). The predicted octanol–water partition coefficient (Wildman–Crippen LogP) is 0.599. The molecule has 0 aromatic heterocycles. The summed E-state index contributed by atoms with van der Waals surface area (Å²) in [6.45, 7) is 2.96. The average Bonchev–Trinajstić information content (AvgIpc) is 1.84. The van der Waals surface area contributed by atoms with Crippen molar-refractivity contribution in [3.05, 3.63) is 5.84 Å². The van der Waals surface area contributed by atoms with Crippen molar-refractivity contribution in [3.8, 4) is 0 Å². The van der Waals surface area contributed by atoms with E-state index in [1.807, 2.05) is 26.0 Å². The second-order valence-electron chi connectivity index (χ2n) is 1.99. The van der Waals surface area contributed by atoms with Crippen LogP contribution in [0.1, 0.15) is 6.92 Å². The lowest BCUT2D eigenvalue weighted by molar-refractivity contribution is -0.108. The topological polar surface area (TPSA) is 33.5 Å². The third-order valence-corrected chi connectivity index (χ3v) is 1.39. The van der Waals surface area contributed by atoms with Gasteiger partial charge in [-0.1, -0.05) is 6.92 Å². The molecule has 0 aliphatic rings. The van der Waals surface area contributed by atoms with Gasteiger partial charge in [-0.25, -0.2) is 5.01 Å². The van der Waals surface area contributed by atoms with E-state index in [2.05, 4.69) is 0 Å². The lowest BCUT2D eigenvalue weighted by atomic mass is 10.7. The fraction of sp³-hybridized carbons (Fsp3) is 1.00. The van der Waals surface area contributed by atoms with E-state index in [9.17, 15) is 0 Å². The summed E-state index contributed by atoms with van der Waals surface area (Å²) in [5, 5.41) is 4.94. The summed E-state index contributed by atoms with van der Waals surface area (Å²) in [6.07, 6.45) is 0. The quantitative estimate of drug-likeness (QED) is 0.526. The second kappa shape index (κ2) is 3.79. The first kappa shape index (κ1) is 8.84. The molecule has 0 atom stereocenters. The summed E-state index contributed by atoms with van der Waals surface area (Å²) < 4.78 is 0. The Bertz CT molecular complexity index is 73.4. The number of hydrogen-bond donors (Lipinski definition) is 0. The van der Waals surface area contributed by atoms with Crippen LogP contribution in [0.4, 0.5) is 0 Å². The van der Waals surface area contributed by atoms with E-state index in [1.165, 1.54) is 5.12 Å². The van der Waals surface area contributed by atoms with E-state index >= 15 is 0 Å². The molecule has 0 radical (unpaired) electrons. The van der Waals surface area contributed by atoms with Gasteiger partial charge in [0.25, 0.3) is 0 Å². The molecule has 9 heavy (non-hydrogen) atoms.